The van der Waals surface area contributed by atoms with Crippen molar-refractivity contribution in [2.75, 3.05) is 0 Å². The average Bonchev–Trinajstić information content (AvgIpc) is 3.19. The molecule has 0 spiro atoms. The number of benzene rings is 1. The molecule has 1 N–H and O–H groups in total. The quantitative estimate of drug-likeness (QED) is 0.859. The molecule has 1 aliphatic carbocycles. The molecule has 0 saturated carbocycles. The lowest BCUT2D eigenvalue weighted by molar-refractivity contribution is -0.122. The smallest absolute Gasteiger partial charge is 0.249 e. The maximum atomic E-state index is 12.9. The topological polar surface area (TPSA) is 68.0 Å². The summed E-state index contributed by atoms with van der Waals surface area (Å²) >= 11 is 0. The van der Waals surface area contributed by atoms with Crippen molar-refractivity contribution in [1.29, 1.82) is 0 Å². The van der Waals surface area contributed by atoms with E-state index in [1.54, 1.807) is 19.1 Å². The van der Waals surface area contributed by atoms with Crippen molar-refractivity contribution in [3.05, 3.63) is 48.1 Å². The second-order valence-corrected chi connectivity index (χ2v) is 5.72. The fourth-order valence-corrected chi connectivity index (χ4v) is 2.59. The van der Waals surface area contributed by atoms with Gasteiger partial charge in [0.05, 0.1) is 0 Å². The second kappa shape index (κ2) is 6.73. The molecule has 3 rings (SSSR count). The zero-order chi connectivity index (χ0) is 16.2. The van der Waals surface area contributed by atoms with E-state index in [-0.39, 0.29) is 17.8 Å². The standard InChI is InChI=1S/C17H18FN3O2/c1-11(19-15(22)10-12-4-2-3-5-12)17-20-16(21-23-17)13-6-8-14(18)9-7-13/h2,4,6-9,11-12H,3,5,10H2,1H3,(H,19,22)/t11-,12-/m0/s1. The number of amides is 1. The number of hydrogen-bond acceptors (Lipinski definition) is 4. The molecule has 0 aliphatic heterocycles. The van der Waals surface area contributed by atoms with Gasteiger partial charge in [0, 0.05) is 12.0 Å². The molecule has 2 atom stereocenters. The molecule has 6 heteroatoms. The highest BCUT2D eigenvalue weighted by atomic mass is 19.1. The summed E-state index contributed by atoms with van der Waals surface area (Å²) in [7, 11) is 0. The third-order valence-electron chi connectivity index (χ3n) is 3.85. The van der Waals surface area contributed by atoms with Crippen molar-refractivity contribution in [1.82, 2.24) is 15.5 Å². The Morgan fingerprint density at radius 3 is 2.91 bits per heavy atom. The minimum atomic E-state index is -0.366. The lowest BCUT2D eigenvalue weighted by atomic mass is 10.0. The number of carbonyl (C=O) groups is 1. The molecular weight excluding hydrogens is 297 g/mol. The van der Waals surface area contributed by atoms with Crippen LogP contribution in [0.1, 0.15) is 38.1 Å². The van der Waals surface area contributed by atoms with Crippen molar-refractivity contribution >= 4 is 5.91 Å². The third-order valence-corrected chi connectivity index (χ3v) is 3.85. The van der Waals surface area contributed by atoms with Crippen LogP contribution in [-0.4, -0.2) is 16.0 Å². The van der Waals surface area contributed by atoms with Crippen molar-refractivity contribution in [3.63, 3.8) is 0 Å². The second-order valence-electron chi connectivity index (χ2n) is 5.72. The van der Waals surface area contributed by atoms with Gasteiger partial charge in [-0.25, -0.2) is 4.39 Å². The summed E-state index contributed by atoms with van der Waals surface area (Å²) in [6, 6.07) is 5.48. The van der Waals surface area contributed by atoms with Crippen LogP contribution >= 0.6 is 0 Å². The molecule has 1 aromatic carbocycles. The fraction of sp³-hybridized carbons (Fsp3) is 0.353. The number of aromatic nitrogens is 2. The van der Waals surface area contributed by atoms with Crippen molar-refractivity contribution < 1.29 is 13.7 Å². The molecule has 1 aromatic heterocycles. The van der Waals surface area contributed by atoms with Gasteiger partial charge in [-0.05, 0) is 49.9 Å². The molecule has 2 aromatic rings. The van der Waals surface area contributed by atoms with Crippen LogP contribution in [0.4, 0.5) is 4.39 Å². The minimum absolute atomic E-state index is 0.0319. The summed E-state index contributed by atoms with van der Waals surface area (Å²) in [6.07, 6.45) is 6.73. The van der Waals surface area contributed by atoms with Gasteiger partial charge in [0.1, 0.15) is 11.9 Å². The van der Waals surface area contributed by atoms with Crippen LogP contribution in [0.15, 0.2) is 40.9 Å². The molecule has 0 radical (unpaired) electrons. The van der Waals surface area contributed by atoms with Gasteiger partial charge < -0.3 is 9.84 Å². The number of rotatable bonds is 5. The van der Waals surface area contributed by atoms with Crippen LogP contribution in [0.5, 0.6) is 0 Å². The maximum absolute atomic E-state index is 12.9. The third kappa shape index (κ3) is 3.83. The SMILES string of the molecule is C[C@H](NC(=O)C[C@H]1C=CCC1)c1nc(-c2ccc(F)cc2)no1. The van der Waals surface area contributed by atoms with Crippen LogP contribution in [-0.2, 0) is 4.79 Å². The molecule has 1 heterocycles. The normalized spacial score (nSPS) is 18.1. The first kappa shape index (κ1) is 15.4. The molecule has 0 fully saturated rings. The fourth-order valence-electron chi connectivity index (χ4n) is 2.59. The molecule has 5 nitrogen and oxygen atoms in total. The zero-order valence-corrected chi connectivity index (χ0v) is 12.8. The van der Waals surface area contributed by atoms with Gasteiger partial charge in [-0.1, -0.05) is 17.3 Å². The van der Waals surface area contributed by atoms with Crippen molar-refractivity contribution in [2.45, 2.75) is 32.2 Å². The number of carbonyl (C=O) groups excluding carboxylic acids is 1. The Kier molecular flexibility index (Phi) is 4.50. The molecule has 0 saturated heterocycles. The van der Waals surface area contributed by atoms with E-state index in [9.17, 15) is 9.18 Å². The van der Waals surface area contributed by atoms with Crippen molar-refractivity contribution in [2.24, 2.45) is 5.92 Å². The Balaban J connectivity index is 1.61. The number of nitrogens with zero attached hydrogens (tertiary/aromatic N) is 2. The predicted molar refractivity (Wildman–Crippen MR) is 82.7 cm³/mol. The highest BCUT2D eigenvalue weighted by molar-refractivity contribution is 5.76. The van der Waals surface area contributed by atoms with Crippen LogP contribution in [0.2, 0.25) is 0 Å². The number of halogens is 1. The molecule has 1 amide bonds. The van der Waals surface area contributed by atoms with Crippen LogP contribution in [0.25, 0.3) is 11.4 Å². The number of nitrogens with one attached hydrogen (secondary N) is 1. The van der Waals surface area contributed by atoms with Crippen LogP contribution in [0.3, 0.4) is 0 Å². The van der Waals surface area contributed by atoms with Crippen molar-refractivity contribution in [3.8, 4) is 11.4 Å². The highest BCUT2D eigenvalue weighted by Crippen LogP contribution is 2.22. The van der Waals surface area contributed by atoms with Crippen LogP contribution in [0, 0.1) is 11.7 Å². The first-order valence-corrected chi connectivity index (χ1v) is 7.67. The molecule has 0 bridgehead atoms. The Labute approximate surface area is 133 Å². The number of allylic oxidation sites excluding steroid dienone is 2. The monoisotopic (exact) mass is 315 g/mol. The van der Waals surface area contributed by atoms with Gasteiger partial charge >= 0.3 is 0 Å². The number of hydrogen-bond donors (Lipinski definition) is 1. The summed E-state index contributed by atoms with van der Waals surface area (Å²) in [5, 5.41) is 6.74. The van der Waals surface area contributed by atoms with E-state index in [1.165, 1.54) is 12.1 Å². The largest absolute Gasteiger partial charge is 0.345 e. The lowest BCUT2D eigenvalue weighted by Crippen LogP contribution is -2.28. The van der Waals surface area contributed by atoms with Gasteiger partial charge in [0.2, 0.25) is 17.6 Å². The Bertz CT molecular complexity index is 709. The van der Waals surface area contributed by atoms with E-state index in [4.69, 9.17) is 4.52 Å². The van der Waals surface area contributed by atoms with E-state index in [1.807, 2.05) is 0 Å². The van der Waals surface area contributed by atoms with E-state index in [0.29, 0.717) is 29.6 Å². The summed E-state index contributed by atoms with van der Waals surface area (Å²) in [4.78, 5) is 16.3. The molecular formula is C17H18FN3O2. The van der Waals surface area contributed by atoms with Gasteiger partial charge in [0.15, 0.2) is 0 Å². The molecule has 120 valence electrons. The summed E-state index contributed by atoms with van der Waals surface area (Å²) < 4.78 is 18.1. The Hall–Kier alpha value is -2.50. The zero-order valence-electron chi connectivity index (χ0n) is 12.8. The highest BCUT2D eigenvalue weighted by Gasteiger charge is 2.20. The van der Waals surface area contributed by atoms with E-state index >= 15 is 0 Å². The average molecular weight is 315 g/mol. The van der Waals surface area contributed by atoms with Gasteiger partial charge in [0.25, 0.3) is 0 Å². The van der Waals surface area contributed by atoms with E-state index < -0.39 is 0 Å². The Morgan fingerprint density at radius 1 is 1.43 bits per heavy atom. The van der Waals surface area contributed by atoms with Gasteiger partial charge in [-0.2, -0.15) is 4.98 Å². The lowest BCUT2D eigenvalue weighted by Gasteiger charge is -2.11. The predicted octanol–water partition coefficient (Wildman–Crippen LogP) is 3.41. The van der Waals surface area contributed by atoms with Gasteiger partial charge in [-0.3, -0.25) is 4.79 Å². The summed E-state index contributed by atoms with van der Waals surface area (Å²) in [6.45, 7) is 1.80. The first-order valence-electron chi connectivity index (χ1n) is 7.67. The molecule has 0 unspecified atom stereocenters. The maximum Gasteiger partial charge on any atom is 0.249 e. The first-order chi connectivity index (χ1) is 11.1. The van der Waals surface area contributed by atoms with Gasteiger partial charge in [-0.15, -0.1) is 0 Å². The van der Waals surface area contributed by atoms with Crippen LogP contribution < -0.4 is 5.32 Å². The molecule has 1 aliphatic rings. The molecule has 23 heavy (non-hydrogen) atoms. The minimum Gasteiger partial charge on any atom is -0.345 e. The summed E-state index contributed by atoms with van der Waals surface area (Å²) in [5.74, 6) is 0.675. The Morgan fingerprint density at radius 2 is 2.22 bits per heavy atom. The van der Waals surface area contributed by atoms with E-state index in [0.717, 1.165) is 12.8 Å². The van der Waals surface area contributed by atoms with E-state index in [2.05, 4.69) is 27.6 Å². The summed E-state index contributed by atoms with van der Waals surface area (Å²) in [5.41, 5.74) is 0.663.